The highest BCUT2D eigenvalue weighted by atomic mass is 16.5. The SMILES string of the molecule is COc1cc(N)c(N2CCOCC2(C)C)cc1OC. The molecule has 0 radical (unpaired) electrons. The van der Waals surface area contributed by atoms with Crippen LogP contribution in [-0.2, 0) is 4.74 Å². The van der Waals surface area contributed by atoms with Crippen molar-refractivity contribution in [3.63, 3.8) is 0 Å². The zero-order chi connectivity index (χ0) is 14.0. The number of rotatable bonds is 3. The molecular formula is C14H22N2O3. The molecule has 1 saturated heterocycles. The molecule has 0 atom stereocenters. The number of methoxy groups -OCH3 is 2. The molecule has 0 bridgehead atoms. The lowest BCUT2D eigenvalue weighted by molar-refractivity contribution is 0.0644. The first-order valence-electron chi connectivity index (χ1n) is 6.36. The van der Waals surface area contributed by atoms with Gasteiger partial charge in [-0.15, -0.1) is 0 Å². The minimum atomic E-state index is -0.0913. The standard InChI is InChI=1S/C14H22N2O3/c1-14(2)9-19-6-5-16(14)11-8-13(18-4)12(17-3)7-10(11)15/h7-8H,5-6,9,15H2,1-4H3. The number of hydrogen-bond acceptors (Lipinski definition) is 5. The summed E-state index contributed by atoms with van der Waals surface area (Å²) in [6, 6.07) is 3.74. The van der Waals surface area contributed by atoms with E-state index in [2.05, 4.69) is 18.7 Å². The van der Waals surface area contributed by atoms with Crippen molar-refractivity contribution in [2.75, 3.05) is 44.6 Å². The molecule has 1 aromatic rings. The maximum atomic E-state index is 6.15. The molecule has 2 rings (SSSR count). The predicted molar refractivity (Wildman–Crippen MR) is 76.2 cm³/mol. The van der Waals surface area contributed by atoms with Gasteiger partial charge in [0.1, 0.15) is 0 Å². The van der Waals surface area contributed by atoms with Crippen LogP contribution >= 0.6 is 0 Å². The summed E-state index contributed by atoms with van der Waals surface area (Å²) in [5.41, 5.74) is 7.71. The fourth-order valence-corrected chi connectivity index (χ4v) is 2.42. The average molecular weight is 266 g/mol. The summed E-state index contributed by atoms with van der Waals surface area (Å²) in [7, 11) is 3.23. The van der Waals surface area contributed by atoms with Gasteiger partial charge in [-0.2, -0.15) is 0 Å². The van der Waals surface area contributed by atoms with Crippen LogP contribution in [-0.4, -0.2) is 39.5 Å². The average Bonchev–Trinajstić information content (AvgIpc) is 2.38. The highest BCUT2D eigenvalue weighted by molar-refractivity contribution is 5.74. The largest absolute Gasteiger partial charge is 0.493 e. The van der Waals surface area contributed by atoms with Gasteiger partial charge in [0.15, 0.2) is 11.5 Å². The number of nitrogens with zero attached hydrogens (tertiary/aromatic N) is 1. The van der Waals surface area contributed by atoms with Gasteiger partial charge in [-0.25, -0.2) is 0 Å². The van der Waals surface area contributed by atoms with E-state index in [1.807, 2.05) is 6.07 Å². The third kappa shape index (κ3) is 2.56. The maximum Gasteiger partial charge on any atom is 0.162 e. The van der Waals surface area contributed by atoms with E-state index in [1.54, 1.807) is 20.3 Å². The molecule has 19 heavy (non-hydrogen) atoms. The molecule has 0 unspecified atom stereocenters. The fourth-order valence-electron chi connectivity index (χ4n) is 2.42. The Hall–Kier alpha value is -1.62. The monoisotopic (exact) mass is 266 g/mol. The number of nitrogens with two attached hydrogens (primary N) is 1. The minimum absolute atomic E-state index is 0.0913. The second kappa shape index (κ2) is 5.17. The van der Waals surface area contributed by atoms with Crippen molar-refractivity contribution in [2.24, 2.45) is 0 Å². The van der Waals surface area contributed by atoms with E-state index in [1.165, 1.54) is 0 Å². The minimum Gasteiger partial charge on any atom is -0.493 e. The molecule has 0 aliphatic carbocycles. The molecule has 0 aromatic heterocycles. The van der Waals surface area contributed by atoms with Gasteiger partial charge in [0.05, 0.1) is 44.3 Å². The molecular weight excluding hydrogens is 244 g/mol. The Labute approximate surface area is 114 Å². The first kappa shape index (κ1) is 13.8. The number of ether oxygens (including phenoxy) is 3. The molecule has 0 spiro atoms. The molecule has 0 amide bonds. The number of hydrogen-bond donors (Lipinski definition) is 1. The van der Waals surface area contributed by atoms with Crippen LogP contribution in [0.25, 0.3) is 0 Å². The lowest BCUT2D eigenvalue weighted by Crippen LogP contribution is -2.53. The van der Waals surface area contributed by atoms with E-state index < -0.39 is 0 Å². The van der Waals surface area contributed by atoms with Crippen LogP contribution in [0.4, 0.5) is 11.4 Å². The van der Waals surface area contributed by atoms with Crippen LogP contribution in [0.2, 0.25) is 0 Å². The second-order valence-corrected chi connectivity index (χ2v) is 5.28. The van der Waals surface area contributed by atoms with Gasteiger partial charge in [-0.05, 0) is 13.8 Å². The van der Waals surface area contributed by atoms with E-state index >= 15 is 0 Å². The number of morpholine rings is 1. The van der Waals surface area contributed by atoms with Gasteiger partial charge in [-0.3, -0.25) is 0 Å². The molecule has 1 heterocycles. The van der Waals surface area contributed by atoms with E-state index in [9.17, 15) is 0 Å². The quantitative estimate of drug-likeness (QED) is 0.847. The van der Waals surface area contributed by atoms with E-state index in [0.717, 1.165) is 12.2 Å². The Bertz CT molecular complexity index is 460. The molecule has 1 aliphatic heterocycles. The lowest BCUT2D eigenvalue weighted by Gasteiger charge is -2.44. The van der Waals surface area contributed by atoms with Crippen molar-refractivity contribution in [2.45, 2.75) is 19.4 Å². The molecule has 1 aromatic carbocycles. The normalized spacial score (nSPS) is 18.2. The van der Waals surface area contributed by atoms with Crippen LogP contribution in [0.5, 0.6) is 11.5 Å². The maximum absolute atomic E-state index is 6.15. The second-order valence-electron chi connectivity index (χ2n) is 5.28. The van der Waals surface area contributed by atoms with E-state index in [4.69, 9.17) is 19.9 Å². The summed E-state index contributed by atoms with van der Waals surface area (Å²) in [6.45, 7) is 6.48. The molecule has 5 heteroatoms. The molecule has 1 fully saturated rings. The van der Waals surface area contributed by atoms with Crippen LogP contribution in [0.3, 0.4) is 0 Å². The van der Waals surface area contributed by atoms with Crippen molar-refractivity contribution in [3.05, 3.63) is 12.1 Å². The van der Waals surface area contributed by atoms with Gasteiger partial charge in [-0.1, -0.05) is 0 Å². The van der Waals surface area contributed by atoms with Gasteiger partial charge in [0.2, 0.25) is 0 Å². The fraction of sp³-hybridized carbons (Fsp3) is 0.571. The third-order valence-electron chi connectivity index (χ3n) is 3.47. The third-order valence-corrected chi connectivity index (χ3v) is 3.47. The van der Waals surface area contributed by atoms with Crippen LogP contribution in [0.1, 0.15) is 13.8 Å². The van der Waals surface area contributed by atoms with Crippen molar-refractivity contribution < 1.29 is 14.2 Å². The highest BCUT2D eigenvalue weighted by Gasteiger charge is 2.32. The number of benzene rings is 1. The predicted octanol–water partition coefficient (Wildman–Crippen LogP) is 1.90. The smallest absolute Gasteiger partial charge is 0.162 e. The van der Waals surface area contributed by atoms with Crippen molar-refractivity contribution >= 4 is 11.4 Å². The lowest BCUT2D eigenvalue weighted by atomic mass is 10.0. The Morgan fingerprint density at radius 2 is 1.84 bits per heavy atom. The summed E-state index contributed by atoms with van der Waals surface area (Å²) in [5, 5.41) is 0. The molecule has 106 valence electrons. The summed E-state index contributed by atoms with van der Waals surface area (Å²) in [6.07, 6.45) is 0. The highest BCUT2D eigenvalue weighted by Crippen LogP contribution is 2.39. The zero-order valence-corrected chi connectivity index (χ0v) is 12.0. The van der Waals surface area contributed by atoms with Gasteiger partial charge in [0.25, 0.3) is 0 Å². The van der Waals surface area contributed by atoms with E-state index in [-0.39, 0.29) is 5.54 Å². The van der Waals surface area contributed by atoms with Gasteiger partial charge < -0.3 is 24.8 Å². The van der Waals surface area contributed by atoms with Gasteiger partial charge >= 0.3 is 0 Å². The summed E-state index contributed by atoms with van der Waals surface area (Å²) in [4.78, 5) is 2.26. The Morgan fingerprint density at radius 1 is 1.21 bits per heavy atom. The van der Waals surface area contributed by atoms with Crippen molar-refractivity contribution in [1.29, 1.82) is 0 Å². The van der Waals surface area contributed by atoms with Crippen LogP contribution in [0.15, 0.2) is 12.1 Å². The Kier molecular flexibility index (Phi) is 3.75. The Morgan fingerprint density at radius 3 is 2.42 bits per heavy atom. The van der Waals surface area contributed by atoms with Crippen molar-refractivity contribution in [3.8, 4) is 11.5 Å². The van der Waals surface area contributed by atoms with E-state index in [0.29, 0.717) is 30.4 Å². The topological polar surface area (TPSA) is 57.0 Å². The first-order chi connectivity index (χ1) is 8.99. The molecule has 2 N–H and O–H groups in total. The molecule has 0 saturated carbocycles. The van der Waals surface area contributed by atoms with Crippen LogP contribution in [0, 0.1) is 0 Å². The van der Waals surface area contributed by atoms with Gasteiger partial charge in [0, 0.05) is 18.7 Å². The summed E-state index contributed by atoms with van der Waals surface area (Å²) >= 11 is 0. The zero-order valence-electron chi connectivity index (χ0n) is 12.0. The summed E-state index contributed by atoms with van der Waals surface area (Å²) in [5.74, 6) is 1.34. The Balaban J connectivity index is 2.44. The number of nitrogen functional groups attached to an aromatic ring is 1. The van der Waals surface area contributed by atoms with Crippen molar-refractivity contribution in [1.82, 2.24) is 0 Å². The number of anilines is 2. The summed E-state index contributed by atoms with van der Waals surface area (Å²) < 4.78 is 16.2. The molecule has 1 aliphatic rings. The first-order valence-corrected chi connectivity index (χ1v) is 6.36. The molecule has 5 nitrogen and oxygen atoms in total. The van der Waals surface area contributed by atoms with Crippen LogP contribution < -0.4 is 20.1 Å².